The molecule has 0 aliphatic rings. The number of nitrogens with zero attached hydrogens (tertiary/aromatic N) is 1. The Kier molecular flexibility index (Phi) is 6.00. The minimum atomic E-state index is -3.75. The second-order valence-electron chi connectivity index (χ2n) is 6.46. The molecule has 29 heavy (non-hydrogen) atoms. The van der Waals surface area contributed by atoms with Crippen LogP contribution < -0.4 is 15.2 Å². The molecule has 1 aromatic heterocycles. The van der Waals surface area contributed by atoms with Crippen molar-refractivity contribution in [3.05, 3.63) is 76.7 Å². The van der Waals surface area contributed by atoms with Crippen LogP contribution in [0.2, 0.25) is 0 Å². The molecule has 1 heterocycles. The number of sulfonamides is 1. The maximum Gasteiger partial charge on any atom is 0.255 e. The van der Waals surface area contributed by atoms with Crippen LogP contribution in [0.15, 0.2) is 57.9 Å². The highest BCUT2D eigenvalue weighted by Crippen LogP contribution is 2.21. The van der Waals surface area contributed by atoms with E-state index in [9.17, 15) is 13.2 Å². The van der Waals surface area contributed by atoms with Crippen molar-refractivity contribution in [1.82, 2.24) is 10.5 Å². The average Bonchev–Trinajstić information content (AvgIpc) is 3.02. The fourth-order valence-electron chi connectivity index (χ4n) is 2.71. The Morgan fingerprint density at radius 1 is 1.14 bits per heavy atom. The number of aromatic nitrogens is 1. The lowest BCUT2D eigenvalue weighted by atomic mass is 10.1. The van der Waals surface area contributed by atoms with Crippen LogP contribution in [0.5, 0.6) is 5.75 Å². The third-order valence-corrected chi connectivity index (χ3v) is 5.32. The molecule has 8 nitrogen and oxygen atoms in total. The number of carbonyl (C=O) groups excluding carboxylic acids is 1. The first-order valence-corrected chi connectivity index (χ1v) is 10.3. The van der Waals surface area contributed by atoms with E-state index in [0.717, 1.165) is 16.8 Å². The van der Waals surface area contributed by atoms with E-state index in [1.807, 2.05) is 6.92 Å². The molecule has 9 heteroatoms. The van der Waals surface area contributed by atoms with Gasteiger partial charge in [-0.3, -0.25) is 4.79 Å². The molecule has 0 aliphatic carbocycles. The molecule has 3 aromatic rings. The van der Waals surface area contributed by atoms with E-state index in [2.05, 4.69) is 10.5 Å². The normalized spacial score (nSPS) is 11.3. The first kappa shape index (κ1) is 20.6. The molecule has 0 aliphatic heterocycles. The van der Waals surface area contributed by atoms with Crippen molar-refractivity contribution in [2.75, 3.05) is 0 Å². The van der Waals surface area contributed by atoms with Gasteiger partial charge in [-0.1, -0.05) is 29.4 Å². The van der Waals surface area contributed by atoms with Gasteiger partial charge in [0.1, 0.15) is 18.1 Å². The van der Waals surface area contributed by atoms with Gasteiger partial charge >= 0.3 is 0 Å². The number of amides is 1. The van der Waals surface area contributed by atoms with Crippen molar-refractivity contribution in [2.45, 2.75) is 31.9 Å². The molecular weight excluding hydrogens is 394 g/mol. The van der Waals surface area contributed by atoms with E-state index in [0.29, 0.717) is 17.1 Å². The number of hydrogen-bond donors (Lipinski definition) is 2. The van der Waals surface area contributed by atoms with Gasteiger partial charge in [-0.15, -0.1) is 0 Å². The predicted molar refractivity (Wildman–Crippen MR) is 106 cm³/mol. The van der Waals surface area contributed by atoms with Crippen LogP contribution in [0, 0.1) is 13.8 Å². The Hall–Kier alpha value is -3.17. The molecule has 3 rings (SSSR count). The Labute approximate surface area is 168 Å². The lowest BCUT2D eigenvalue weighted by molar-refractivity contribution is 0.0946. The molecule has 2 aromatic carbocycles. The van der Waals surface area contributed by atoms with Crippen LogP contribution in [-0.2, 0) is 23.2 Å². The quantitative estimate of drug-likeness (QED) is 0.611. The highest BCUT2D eigenvalue weighted by atomic mass is 32.2. The largest absolute Gasteiger partial charge is 0.488 e. The fourth-order valence-corrected chi connectivity index (χ4v) is 3.23. The Morgan fingerprint density at radius 2 is 1.83 bits per heavy atom. The number of benzene rings is 2. The highest BCUT2D eigenvalue weighted by molar-refractivity contribution is 7.89. The molecule has 0 atom stereocenters. The van der Waals surface area contributed by atoms with Gasteiger partial charge in [0.05, 0.1) is 21.7 Å². The van der Waals surface area contributed by atoms with Gasteiger partial charge in [-0.25, -0.2) is 13.6 Å². The molecule has 1 amide bonds. The predicted octanol–water partition coefficient (Wildman–Crippen LogP) is 2.45. The van der Waals surface area contributed by atoms with Crippen molar-refractivity contribution in [3.63, 3.8) is 0 Å². The van der Waals surface area contributed by atoms with Gasteiger partial charge in [0, 0.05) is 6.54 Å². The van der Waals surface area contributed by atoms with Crippen molar-refractivity contribution < 1.29 is 22.5 Å². The summed E-state index contributed by atoms with van der Waals surface area (Å²) in [5.74, 6) is 0.803. The molecule has 3 N–H and O–H groups in total. The highest BCUT2D eigenvalue weighted by Gasteiger charge is 2.15. The second kappa shape index (κ2) is 8.46. The van der Waals surface area contributed by atoms with Crippen LogP contribution in [0.4, 0.5) is 0 Å². The van der Waals surface area contributed by atoms with Gasteiger partial charge in [0.2, 0.25) is 10.0 Å². The number of hydrogen-bond acceptors (Lipinski definition) is 6. The van der Waals surface area contributed by atoms with E-state index in [1.165, 1.54) is 12.1 Å². The summed E-state index contributed by atoms with van der Waals surface area (Å²) in [5, 5.41) is 11.8. The number of rotatable bonds is 7. The minimum absolute atomic E-state index is 0.0191. The third kappa shape index (κ3) is 5.01. The van der Waals surface area contributed by atoms with E-state index in [1.54, 1.807) is 43.3 Å². The summed E-state index contributed by atoms with van der Waals surface area (Å²) in [6.07, 6.45) is 0. The Balaban J connectivity index is 1.67. The zero-order chi connectivity index (χ0) is 21.0. The van der Waals surface area contributed by atoms with Crippen molar-refractivity contribution in [3.8, 4) is 5.75 Å². The van der Waals surface area contributed by atoms with Crippen LogP contribution >= 0.6 is 0 Å². The average molecular weight is 415 g/mol. The fraction of sp³-hybridized carbons (Fsp3) is 0.200. The van der Waals surface area contributed by atoms with Crippen molar-refractivity contribution in [1.29, 1.82) is 0 Å². The van der Waals surface area contributed by atoms with Gasteiger partial charge in [0.15, 0.2) is 0 Å². The third-order valence-electron chi connectivity index (χ3n) is 4.39. The van der Waals surface area contributed by atoms with Crippen LogP contribution in [0.3, 0.4) is 0 Å². The molecule has 0 saturated carbocycles. The zero-order valence-electron chi connectivity index (χ0n) is 16.0. The molecule has 0 unspecified atom stereocenters. The van der Waals surface area contributed by atoms with Crippen LogP contribution in [0.25, 0.3) is 0 Å². The van der Waals surface area contributed by atoms with E-state index in [-0.39, 0.29) is 24.0 Å². The maximum atomic E-state index is 12.6. The number of para-hydroxylation sites is 1. The van der Waals surface area contributed by atoms with E-state index < -0.39 is 10.0 Å². The van der Waals surface area contributed by atoms with Gasteiger partial charge in [-0.05, 0) is 43.7 Å². The first-order chi connectivity index (χ1) is 13.8. The monoisotopic (exact) mass is 415 g/mol. The van der Waals surface area contributed by atoms with Gasteiger partial charge in [0.25, 0.3) is 5.91 Å². The molecular formula is C20H21N3O5S. The van der Waals surface area contributed by atoms with Crippen LogP contribution in [0.1, 0.15) is 32.9 Å². The molecule has 0 radical (unpaired) electrons. The lowest BCUT2D eigenvalue weighted by Gasteiger charge is -2.12. The SMILES string of the molecule is Cc1noc(C)c1COc1ccccc1C(=O)NCc1ccc(S(N)(=O)=O)cc1. The summed E-state index contributed by atoms with van der Waals surface area (Å²) in [6, 6.07) is 12.9. The number of carbonyl (C=O) groups is 1. The zero-order valence-corrected chi connectivity index (χ0v) is 16.8. The van der Waals surface area contributed by atoms with E-state index >= 15 is 0 Å². The van der Waals surface area contributed by atoms with Crippen molar-refractivity contribution >= 4 is 15.9 Å². The number of ether oxygens (including phenoxy) is 1. The summed E-state index contributed by atoms with van der Waals surface area (Å²) >= 11 is 0. The molecule has 0 fully saturated rings. The number of aryl methyl sites for hydroxylation is 2. The molecule has 0 saturated heterocycles. The van der Waals surface area contributed by atoms with Crippen LogP contribution in [-0.4, -0.2) is 19.5 Å². The van der Waals surface area contributed by atoms with Gasteiger partial charge < -0.3 is 14.6 Å². The topological polar surface area (TPSA) is 125 Å². The van der Waals surface area contributed by atoms with Crippen molar-refractivity contribution in [2.24, 2.45) is 5.14 Å². The minimum Gasteiger partial charge on any atom is -0.488 e. The smallest absolute Gasteiger partial charge is 0.255 e. The maximum absolute atomic E-state index is 12.6. The number of nitrogens with two attached hydrogens (primary N) is 1. The summed E-state index contributed by atoms with van der Waals surface area (Å²) in [7, 11) is -3.75. The Morgan fingerprint density at radius 3 is 2.45 bits per heavy atom. The van der Waals surface area contributed by atoms with Gasteiger partial charge in [-0.2, -0.15) is 0 Å². The summed E-state index contributed by atoms with van der Waals surface area (Å²) in [5.41, 5.74) is 2.71. The second-order valence-corrected chi connectivity index (χ2v) is 8.02. The van der Waals surface area contributed by atoms with E-state index in [4.69, 9.17) is 14.4 Å². The number of primary sulfonamides is 1. The summed E-state index contributed by atoms with van der Waals surface area (Å²) in [6.45, 7) is 4.09. The number of nitrogens with one attached hydrogen (secondary N) is 1. The summed E-state index contributed by atoms with van der Waals surface area (Å²) < 4.78 is 33.6. The Bertz CT molecular complexity index is 1100. The molecule has 0 spiro atoms. The molecule has 0 bridgehead atoms. The molecule has 152 valence electrons. The first-order valence-electron chi connectivity index (χ1n) is 8.79. The summed E-state index contributed by atoms with van der Waals surface area (Å²) in [4.78, 5) is 12.6. The lowest BCUT2D eigenvalue weighted by Crippen LogP contribution is -2.23. The standard InChI is InChI=1S/C20H21N3O5S/c1-13-18(14(2)28-23-13)12-27-19-6-4-3-5-17(19)20(24)22-11-15-7-9-16(10-8-15)29(21,25)26/h3-10H,11-12H2,1-2H3,(H,22,24)(H2,21,25,26).